The maximum absolute atomic E-state index is 10.5. The molecule has 0 unspecified atom stereocenters. The molecule has 1 rings (SSSR count). The Balaban J connectivity index is 3.04. The van der Waals surface area contributed by atoms with Crippen LogP contribution in [0.25, 0.3) is 0 Å². The normalized spacial score (nSPS) is 11.6. The lowest BCUT2D eigenvalue weighted by molar-refractivity contribution is -0.0218. The molecule has 0 aliphatic rings. The van der Waals surface area contributed by atoms with Crippen molar-refractivity contribution in [3.05, 3.63) is 16.1 Å². The van der Waals surface area contributed by atoms with Gasteiger partial charge in [-0.25, -0.2) is 4.98 Å². The lowest BCUT2D eigenvalue weighted by Crippen LogP contribution is -2.26. The molecule has 0 aromatic carbocycles. The summed E-state index contributed by atoms with van der Waals surface area (Å²) in [5.41, 5.74) is -0.314. The SMILES string of the molecule is CCC(CC)(OC)c1ncc(C=O)s1. The van der Waals surface area contributed by atoms with Crippen molar-refractivity contribution >= 4 is 17.6 Å². The second kappa shape index (κ2) is 4.66. The zero-order chi connectivity index (χ0) is 10.6. The van der Waals surface area contributed by atoms with Crippen molar-refractivity contribution in [1.29, 1.82) is 0 Å². The molecule has 14 heavy (non-hydrogen) atoms. The van der Waals surface area contributed by atoms with Crippen LogP contribution in [-0.2, 0) is 10.3 Å². The van der Waals surface area contributed by atoms with Crippen molar-refractivity contribution in [2.75, 3.05) is 7.11 Å². The molecule has 0 saturated heterocycles. The summed E-state index contributed by atoms with van der Waals surface area (Å²) in [6, 6.07) is 0. The Labute approximate surface area is 88.1 Å². The van der Waals surface area contributed by atoms with E-state index in [2.05, 4.69) is 18.8 Å². The average Bonchev–Trinajstić information content (AvgIpc) is 2.71. The number of nitrogens with zero attached hydrogens (tertiary/aromatic N) is 1. The lowest BCUT2D eigenvalue weighted by atomic mass is 9.98. The molecule has 0 radical (unpaired) electrons. The quantitative estimate of drug-likeness (QED) is 0.706. The summed E-state index contributed by atoms with van der Waals surface area (Å²) in [6.45, 7) is 4.13. The molecule has 1 aromatic heterocycles. The molecule has 0 saturated carbocycles. The molecule has 0 fully saturated rings. The van der Waals surface area contributed by atoms with Crippen LogP contribution < -0.4 is 0 Å². The van der Waals surface area contributed by atoms with Gasteiger partial charge in [-0.1, -0.05) is 13.8 Å². The number of carbonyl (C=O) groups excluding carboxylic acids is 1. The van der Waals surface area contributed by atoms with Crippen LogP contribution in [0.1, 0.15) is 41.4 Å². The van der Waals surface area contributed by atoms with Gasteiger partial charge in [0.15, 0.2) is 6.29 Å². The van der Waals surface area contributed by atoms with E-state index < -0.39 is 0 Å². The van der Waals surface area contributed by atoms with Crippen LogP contribution in [0.4, 0.5) is 0 Å². The fourth-order valence-electron chi connectivity index (χ4n) is 1.48. The van der Waals surface area contributed by atoms with Gasteiger partial charge in [-0.15, -0.1) is 11.3 Å². The maximum atomic E-state index is 10.5. The van der Waals surface area contributed by atoms with Crippen molar-refractivity contribution < 1.29 is 9.53 Å². The molecule has 1 heterocycles. The van der Waals surface area contributed by atoms with Crippen molar-refractivity contribution in [3.63, 3.8) is 0 Å². The third kappa shape index (κ3) is 1.86. The standard InChI is InChI=1S/C10H15NO2S/c1-4-10(5-2,13-3)9-11-6-8(7-12)14-9/h6-7H,4-5H2,1-3H3. The smallest absolute Gasteiger partial charge is 0.161 e. The van der Waals surface area contributed by atoms with E-state index in [0.717, 1.165) is 24.1 Å². The number of aromatic nitrogens is 1. The minimum Gasteiger partial charge on any atom is -0.371 e. The Morgan fingerprint density at radius 2 is 2.21 bits per heavy atom. The highest BCUT2D eigenvalue weighted by atomic mass is 32.1. The first-order valence-electron chi connectivity index (χ1n) is 4.69. The van der Waals surface area contributed by atoms with Crippen LogP contribution in [-0.4, -0.2) is 18.4 Å². The molecule has 0 aliphatic carbocycles. The van der Waals surface area contributed by atoms with Gasteiger partial charge in [0.05, 0.1) is 4.88 Å². The van der Waals surface area contributed by atoms with Gasteiger partial charge < -0.3 is 4.74 Å². The van der Waals surface area contributed by atoms with Gasteiger partial charge in [0.2, 0.25) is 0 Å². The van der Waals surface area contributed by atoms with Gasteiger partial charge in [0, 0.05) is 13.3 Å². The molecule has 3 nitrogen and oxygen atoms in total. The number of aldehydes is 1. The van der Waals surface area contributed by atoms with Crippen molar-refractivity contribution in [3.8, 4) is 0 Å². The van der Waals surface area contributed by atoms with Crippen LogP contribution in [0.2, 0.25) is 0 Å². The van der Waals surface area contributed by atoms with Crippen molar-refractivity contribution in [2.45, 2.75) is 32.3 Å². The minimum absolute atomic E-state index is 0.314. The highest BCUT2D eigenvalue weighted by Gasteiger charge is 2.31. The van der Waals surface area contributed by atoms with Gasteiger partial charge in [-0.2, -0.15) is 0 Å². The van der Waals surface area contributed by atoms with Crippen molar-refractivity contribution in [1.82, 2.24) is 4.98 Å². The van der Waals surface area contributed by atoms with Gasteiger partial charge >= 0.3 is 0 Å². The fourth-order valence-corrected chi connectivity index (χ4v) is 2.52. The number of carbonyl (C=O) groups is 1. The van der Waals surface area contributed by atoms with Crippen LogP contribution in [0.15, 0.2) is 6.20 Å². The molecule has 0 N–H and O–H groups in total. The number of hydrogen-bond donors (Lipinski definition) is 0. The molecule has 0 spiro atoms. The Morgan fingerprint density at radius 3 is 2.57 bits per heavy atom. The minimum atomic E-state index is -0.314. The average molecular weight is 213 g/mol. The molecule has 78 valence electrons. The van der Waals surface area contributed by atoms with E-state index in [-0.39, 0.29) is 5.60 Å². The van der Waals surface area contributed by atoms with Gasteiger partial charge in [0.25, 0.3) is 0 Å². The predicted molar refractivity (Wildman–Crippen MR) is 56.8 cm³/mol. The van der Waals surface area contributed by atoms with Gasteiger partial charge in [0.1, 0.15) is 10.6 Å². The van der Waals surface area contributed by atoms with Gasteiger partial charge in [-0.3, -0.25) is 4.79 Å². The monoisotopic (exact) mass is 213 g/mol. The summed E-state index contributed by atoms with van der Waals surface area (Å²) in [7, 11) is 1.69. The topological polar surface area (TPSA) is 39.2 Å². The van der Waals surface area contributed by atoms with E-state index in [1.807, 2.05) is 0 Å². The number of rotatable bonds is 5. The number of methoxy groups -OCH3 is 1. The molecule has 0 aliphatic heterocycles. The predicted octanol–water partition coefficient (Wildman–Crippen LogP) is 2.62. The van der Waals surface area contributed by atoms with E-state index in [9.17, 15) is 4.79 Å². The van der Waals surface area contributed by atoms with Gasteiger partial charge in [-0.05, 0) is 12.8 Å². The molecule has 0 bridgehead atoms. The molecular formula is C10H15NO2S. The van der Waals surface area contributed by atoms with E-state index >= 15 is 0 Å². The van der Waals surface area contributed by atoms with Crippen LogP contribution >= 0.6 is 11.3 Å². The highest BCUT2D eigenvalue weighted by molar-refractivity contribution is 7.13. The van der Waals surface area contributed by atoms with Crippen LogP contribution in [0.5, 0.6) is 0 Å². The Morgan fingerprint density at radius 1 is 1.57 bits per heavy atom. The molecule has 4 heteroatoms. The number of ether oxygens (including phenoxy) is 1. The number of thiazole rings is 1. The summed E-state index contributed by atoms with van der Waals surface area (Å²) in [6.07, 6.45) is 4.16. The second-order valence-corrected chi connectivity index (χ2v) is 4.15. The molecule has 0 atom stereocenters. The Hall–Kier alpha value is -0.740. The summed E-state index contributed by atoms with van der Waals surface area (Å²) in [5, 5.41) is 0.895. The first-order chi connectivity index (χ1) is 6.72. The van der Waals surface area contributed by atoms with E-state index in [1.165, 1.54) is 11.3 Å². The second-order valence-electron chi connectivity index (χ2n) is 3.09. The summed E-state index contributed by atoms with van der Waals surface area (Å²) >= 11 is 1.41. The van der Waals surface area contributed by atoms with E-state index in [1.54, 1.807) is 13.3 Å². The molecule has 1 aromatic rings. The third-order valence-corrected chi connectivity index (χ3v) is 3.67. The van der Waals surface area contributed by atoms with Crippen LogP contribution in [0, 0.1) is 0 Å². The van der Waals surface area contributed by atoms with Crippen LogP contribution in [0.3, 0.4) is 0 Å². The first-order valence-corrected chi connectivity index (χ1v) is 5.50. The maximum Gasteiger partial charge on any atom is 0.161 e. The highest BCUT2D eigenvalue weighted by Crippen LogP contribution is 2.34. The molecular weight excluding hydrogens is 198 g/mol. The fraction of sp³-hybridized carbons (Fsp3) is 0.600. The third-order valence-electron chi connectivity index (χ3n) is 2.56. The lowest BCUT2D eigenvalue weighted by Gasteiger charge is -2.27. The largest absolute Gasteiger partial charge is 0.371 e. The van der Waals surface area contributed by atoms with E-state index in [4.69, 9.17) is 4.74 Å². The first kappa shape index (κ1) is 11.3. The summed E-state index contributed by atoms with van der Waals surface area (Å²) < 4.78 is 5.51. The summed E-state index contributed by atoms with van der Waals surface area (Å²) in [4.78, 5) is 15.4. The van der Waals surface area contributed by atoms with E-state index in [0.29, 0.717) is 4.88 Å². The Bertz CT molecular complexity index is 297. The summed E-state index contributed by atoms with van der Waals surface area (Å²) in [5.74, 6) is 0. The zero-order valence-corrected chi connectivity index (χ0v) is 9.56. The molecule has 0 amide bonds. The zero-order valence-electron chi connectivity index (χ0n) is 8.74. The Kier molecular flexibility index (Phi) is 3.77. The number of hydrogen-bond acceptors (Lipinski definition) is 4. The van der Waals surface area contributed by atoms with Crippen molar-refractivity contribution in [2.24, 2.45) is 0 Å².